The second-order valence-corrected chi connectivity index (χ2v) is 16.7. The van der Waals surface area contributed by atoms with Crippen LogP contribution in [-0.4, -0.2) is 107 Å². The number of nitrogens with one attached hydrogen (secondary N) is 1. The molecule has 358 valence electrons. The first kappa shape index (κ1) is 51.2. The Hall–Kier alpha value is -5.68. The van der Waals surface area contributed by atoms with Crippen molar-refractivity contribution < 1.29 is 33.7 Å². The van der Waals surface area contributed by atoms with Crippen molar-refractivity contribution in [3.63, 3.8) is 0 Å². The number of amides is 1. The maximum Gasteiger partial charge on any atom is 0.356 e. The van der Waals surface area contributed by atoms with E-state index in [4.69, 9.17) is 10.8 Å². The van der Waals surface area contributed by atoms with Gasteiger partial charge in [0.15, 0.2) is 5.69 Å². The third kappa shape index (κ3) is 14.0. The molecule has 0 fully saturated rings. The van der Waals surface area contributed by atoms with E-state index in [2.05, 4.69) is 105 Å². The van der Waals surface area contributed by atoms with Crippen molar-refractivity contribution in [3.05, 3.63) is 191 Å². The number of benzene rings is 4. The van der Waals surface area contributed by atoms with Crippen LogP contribution in [0.25, 0.3) is 33.5 Å². The van der Waals surface area contributed by atoms with Crippen molar-refractivity contribution in [3.8, 4) is 22.3 Å². The Kier molecular flexibility index (Phi) is 18.4. The van der Waals surface area contributed by atoms with E-state index < -0.39 is 18.2 Å². The molecule has 0 saturated heterocycles. The highest BCUT2D eigenvalue weighted by atomic mass is 128. The van der Waals surface area contributed by atoms with Gasteiger partial charge in [-0.3, -0.25) is 14.6 Å². The highest BCUT2D eigenvalue weighted by Gasteiger charge is 2.21. The number of carboxylic acids is 1. The Morgan fingerprint density at radius 3 is 1.48 bits per heavy atom. The molecule has 2 aliphatic rings. The lowest BCUT2D eigenvalue weighted by Crippen LogP contribution is -2.42. The van der Waals surface area contributed by atoms with Crippen LogP contribution in [0.1, 0.15) is 43.2 Å². The second-order valence-electron chi connectivity index (χ2n) is 16.7. The predicted octanol–water partition coefficient (Wildman–Crippen LogP) is 8.26. The number of aliphatic hydroxyl groups is 2. The summed E-state index contributed by atoms with van der Waals surface area (Å²) in [6, 6.07) is 36.5. The summed E-state index contributed by atoms with van der Waals surface area (Å²) in [5.41, 5.74) is 15.9. The van der Waals surface area contributed by atoms with Crippen molar-refractivity contribution in [2.75, 3.05) is 39.3 Å². The minimum atomic E-state index is -1.06. The number of carboxylic acid groups (broad SMARTS) is 1. The van der Waals surface area contributed by atoms with Gasteiger partial charge in [-0.15, -0.1) is 0 Å². The number of pyridine rings is 2. The molecule has 17 heteroatoms. The van der Waals surface area contributed by atoms with E-state index in [-0.39, 0.29) is 35.5 Å². The van der Waals surface area contributed by atoms with Gasteiger partial charge in [0.25, 0.3) is 5.91 Å². The number of imidazole rings is 2. The summed E-state index contributed by atoms with van der Waals surface area (Å²) in [4.78, 5) is 36.3. The molecular formula is C52H52F2I2N8O5. The number of fused-ring (bicyclic) bond motifs is 4. The van der Waals surface area contributed by atoms with Gasteiger partial charge in [0.05, 0.1) is 12.2 Å². The molecule has 0 bridgehead atoms. The number of aliphatic hydroxyl groups excluding tert-OH is 2. The minimum absolute atomic E-state index is 0.00347. The lowest BCUT2D eigenvalue weighted by Gasteiger charge is -2.30. The van der Waals surface area contributed by atoms with Gasteiger partial charge in [0.1, 0.15) is 28.6 Å². The third-order valence-corrected chi connectivity index (χ3v) is 11.8. The summed E-state index contributed by atoms with van der Waals surface area (Å²) in [5, 5.41) is 31.6. The smallest absolute Gasteiger partial charge is 0.356 e. The van der Waals surface area contributed by atoms with E-state index in [9.17, 15) is 28.6 Å². The Bertz CT molecular complexity index is 2970. The summed E-state index contributed by atoms with van der Waals surface area (Å²) in [5.74, 6) is -1.97. The molecule has 0 aliphatic carbocycles. The lowest BCUT2D eigenvalue weighted by atomic mass is 10.00. The fourth-order valence-electron chi connectivity index (χ4n) is 8.28. The van der Waals surface area contributed by atoms with Gasteiger partial charge in [0.2, 0.25) is 0 Å². The summed E-state index contributed by atoms with van der Waals surface area (Å²) in [6.07, 6.45) is 7.72. The zero-order valence-electron chi connectivity index (χ0n) is 37.5. The summed E-state index contributed by atoms with van der Waals surface area (Å²) in [6.45, 7) is 5.35. The topological polar surface area (TPSA) is 174 Å². The second kappa shape index (κ2) is 24.7. The van der Waals surface area contributed by atoms with E-state index >= 15 is 0 Å². The van der Waals surface area contributed by atoms with E-state index in [1.807, 2.05) is 30.5 Å². The van der Waals surface area contributed by atoms with Crippen LogP contribution in [-0.2, 0) is 25.9 Å². The first-order valence-electron chi connectivity index (χ1n) is 22.3. The normalized spacial score (nSPS) is 14.1. The largest absolute Gasteiger partial charge is 0.476 e. The van der Waals surface area contributed by atoms with Gasteiger partial charge >= 0.3 is 5.97 Å². The maximum absolute atomic E-state index is 13.2. The fourth-order valence-corrected chi connectivity index (χ4v) is 8.28. The van der Waals surface area contributed by atoms with E-state index in [1.54, 1.807) is 51.5 Å². The molecule has 1 amide bonds. The van der Waals surface area contributed by atoms with Crippen molar-refractivity contribution in [1.29, 1.82) is 0 Å². The van der Waals surface area contributed by atoms with Gasteiger partial charge in [0, 0.05) is 114 Å². The Morgan fingerprint density at radius 2 is 1.01 bits per heavy atom. The average Bonchev–Trinajstić information content (AvgIpc) is 4.02. The first-order chi connectivity index (χ1) is 33.5. The number of hydrogen-bond donors (Lipinski definition) is 5. The Morgan fingerprint density at radius 1 is 0.594 bits per heavy atom. The molecule has 0 radical (unpaired) electrons. The van der Waals surface area contributed by atoms with Crippen LogP contribution in [0.4, 0.5) is 8.78 Å². The van der Waals surface area contributed by atoms with E-state index in [0.29, 0.717) is 30.9 Å². The van der Waals surface area contributed by atoms with Crippen LogP contribution in [0.5, 0.6) is 0 Å². The molecule has 0 spiro atoms. The molecule has 69 heavy (non-hydrogen) atoms. The standard InChI is InChI=1S/C26H25FN4O2.C14H9FN2O2.C12H18N2O.I2/c27-22-8-5-19(6-9-22)21-7-10-25-29-24(17-31(25)15-21)26(33)28-13-23(32)16-30-12-11-18-3-1-2-4-20(18)14-30;15-11-4-1-9(2-5-11)10-3-6-13-16-12(14(18)19)8-17(13)7-10;13-7-12(15)9-14-6-5-10-3-1-2-4-11(10)8-14;1-2/h1-10,15,17,23,32H,11-14,16H2,(H,28,33);1-8H,(H,18,19);1-4,12,15H,5-9,13H2;/t23-;;12-;/m0.0./s1. The summed E-state index contributed by atoms with van der Waals surface area (Å²) < 4.78 is 29.5. The number of carbonyl (C=O) groups excluding carboxylic acids is 1. The van der Waals surface area contributed by atoms with Crippen LogP contribution >= 0.6 is 37.2 Å². The number of halogens is 4. The van der Waals surface area contributed by atoms with Crippen LogP contribution in [0.15, 0.2) is 146 Å². The Balaban J connectivity index is 0.000000165. The van der Waals surface area contributed by atoms with Gasteiger partial charge in [-0.05, 0) is 106 Å². The van der Waals surface area contributed by atoms with Gasteiger partial charge in [-0.25, -0.2) is 23.5 Å². The highest BCUT2D eigenvalue weighted by molar-refractivity contribution is 15.0. The zero-order chi connectivity index (χ0) is 48.9. The molecule has 4 aromatic carbocycles. The van der Waals surface area contributed by atoms with Crippen LogP contribution in [0.3, 0.4) is 0 Å². The van der Waals surface area contributed by atoms with Crippen LogP contribution in [0, 0.1) is 11.6 Å². The quantitative estimate of drug-likeness (QED) is 0.0794. The maximum atomic E-state index is 13.2. The minimum Gasteiger partial charge on any atom is -0.476 e. The molecule has 0 unspecified atom stereocenters. The van der Waals surface area contributed by atoms with Crippen molar-refractivity contribution in [1.82, 2.24) is 33.9 Å². The molecule has 8 aromatic rings. The number of rotatable bonds is 11. The van der Waals surface area contributed by atoms with Crippen LogP contribution < -0.4 is 11.1 Å². The monoisotopic (exact) mass is 1160 g/mol. The SMILES string of the molecule is II.NC[C@H](O)CN1CCc2ccccc2C1.O=C(NC[C@H](O)CN1CCc2ccccc2C1)c1cn2cc(-c3ccc(F)cc3)ccc2n1.O=C(O)c1cn2cc(-c3ccc(F)cc3)ccc2n1. The van der Waals surface area contributed by atoms with E-state index in [1.165, 1.54) is 52.7 Å². The zero-order valence-corrected chi connectivity index (χ0v) is 41.8. The molecule has 6 N–H and O–H groups in total. The molecule has 2 atom stereocenters. The summed E-state index contributed by atoms with van der Waals surface area (Å²) in [7, 11) is 0. The molecule has 10 rings (SSSR count). The molecule has 6 heterocycles. The average molecular weight is 1160 g/mol. The summed E-state index contributed by atoms with van der Waals surface area (Å²) >= 11 is 4.24. The number of nitrogens with two attached hydrogens (primary N) is 1. The number of β-amino-alcohol motifs (C(OH)–C–C–N with tert-alkyl or cyclic N) is 2. The van der Waals surface area contributed by atoms with Crippen molar-refractivity contribution >= 4 is 60.4 Å². The molecule has 2 aliphatic heterocycles. The van der Waals surface area contributed by atoms with E-state index in [0.717, 1.165) is 61.3 Å². The molecular weight excluding hydrogens is 1110 g/mol. The fraction of sp³-hybridized carbons (Fsp3) is 0.231. The molecule has 0 saturated carbocycles. The van der Waals surface area contributed by atoms with Gasteiger partial charge < -0.3 is 35.2 Å². The predicted molar refractivity (Wildman–Crippen MR) is 280 cm³/mol. The Labute approximate surface area is 422 Å². The highest BCUT2D eigenvalue weighted by Crippen LogP contribution is 2.23. The molecule has 13 nitrogen and oxygen atoms in total. The number of aromatic nitrogens is 4. The molecule has 4 aromatic heterocycles. The van der Waals surface area contributed by atoms with Gasteiger partial charge in [-0.2, -0.15) is 0 Å². The third-order valence-electron chi connectivity index (χ3n) is 11.8. The lowest BCUT2D eigenvalue weighted by molar-refractivity contribution is 0.0690. The van der Waals surface area contributed by atoms with Gasteiger partial charge in [-0.1, -0.05) is 72.8 Å². The number of carbonyl (C=O) groups is 2. The first-order valence-corrected chi connectivity index (χ1v) is 28.6. The van der Waals surface area contributed by atoms with Crippen LogP contribution in [0.2, 0.25) is 0 Å². The number of nitrogens with zero attached hydrogens (tertiary/aromatic N) is 6. The number of aromatic carboxylic acids is 1. The number of hydrogen-bond acceptors (Lipinski definition) is 9. The van der Waals surface area contributed by atoms with Crippen molar-refractivity contribution in [2.24, 2.45) is 5.73 Å². The van der Waals surface area contributed by atoms with Crippen molar-refractivity contribution in [2.45, 2.75) is 38.1 Å².